The van der Waals surface area contributed by atoms with E-state index >= 15 is 0 Å². The van der Waals surface area contributed by atoms with Crippen molar-refractivity contribution in [2.75, 3.05) is 25.0 Å². The average molecular weight is 331 g/mol. The van der Waals surface area contributed by atoms with E-state index in [0.717, 1.165) is 18.7 Å². The summed E-state index contributed by atoms with van der Waals surface area (Å²) in [6.45, 7) is 3.56. The molecular weight excluding hydrogens is 311 g/mol. The minimum atomic E-state index is -4.38. The molecule has 0 saturated carbocycles. The summed E-state index contributed by atoms with van der Waals surface area (Å²) in [6, 6.07) is 2.27. The van der Waals surface area contributed by atoms with Crippen molar-refractivity contribution in [3.8, 4) is 0 Å². The molecule has 2 rings (SSSR count). The monoisotopic (exact) mass is 331 g/mol. The molecule has 1 aromatic heterocycles. The van der Waals surface area contributed by atoms with Gasteiger partial charge in [-0.15, -0.1) is 0 Å². The van der Waals surface area contributed by atoms with Crippen LogP contribution in [-0.2, 0) is 15.7 Å². The molecule has 0 spiro atoms. The van der Waals surface area contributed by atoms with Crippen molar-refractivity contribution in [3.63, 3.8) is 0 Å². The summed E-state index contributed by atoms with van der Waals surface area (Å²) < 4.78 is 42.5. The first-order chi connectivity index (χ1) is 10.9. The van der Waals surface area contributed by atoms with Gasteiger partial charge in [0.1, 0.15) is 11.9 Å². The zero-order valence-electron chi connectivity index (χ0n) is 12.8. The largest absolute Gasteiger partial charge is 0.417 e. The van der Waals surface area contributed by atoms with Crippen LogP contribution in [0.4, 0.5) is 19.0 Å². The van der Waals surface area contributed by atoms with Crippen LogP contribution in [0.2, 0.25) is 0 Å². The second kappa shape index (κ2) is 7.63. The number of nitrogens with zero attached hydrogens (tertiary/aromatic N) is 1. The first-order valence-electron chi connectivity index (χ1n) is 7.54. The molecule has 0 bridgehead atoms. The Morgan fingerprint density at radius 1 is 1.39 bits per heavy atom. The highest BCUT2D eigenvalue weighted by Crippen LogP contribution is 2.28. The van der Waals surface area contributed by atoms with Gasteiger partial charge in [0.05, 0.1) is 5.56 Å². The van der Waals surface area contributed by atoms with E-state index in [2.05, 4.69) is 15.6 Å². The molecule has 1 aromatic rings. The lowest BCUT2D eigenvalue weighted by atomic mass is 10.0. The number of rotatable bonds is 6. The molecule has 0 aromatic carbocycles. The molecule has 23 heavy (non-hydrogen) atoms. The number of halogens is 3. The van der Waals surface area contributed by atoms with Gasteiger partial charge in [0, 0.05) is 25.9 Å². The lowest BCUT2D eigenvalue weighted by Gasteiger charge is -2.14. The van der Waals surface area contributed by atoms with Gasteiger partial charge < -0.3 is 15.4 Å². The van der Waals surface area contributed by atoms with E-state index < -0.39 is 11.7 Å². The minimum absolute atomic E-state index is 0.109. The van der Waals surface area contributed by atoms with Crippen molar-refractivity contribution in [1.82, 2.24) is 10.3 Å². The highest BCUT2D eigenvalue weighted by atomic mass is 19.4. The number of hydrogen-bond donors (Lipinski definition) is 2. The highest BCUT2D eigenvalue weighted by molar-refractivity contribution is 5.81. The Hall–Kier alpha value is -1.83. The number of nitrogens with one attached hydrogen (secondary N) is 2. The Kier molecular flexibility index (Phi) is 5.81. The number of alkyl halides is 3. The molecule has 2 heterocycles. The van der Waals surface area contributed by atoms with Gasteiger partial charge in [0.25, 0.3) is 0 Å². The summed E-state index contributed by atoms with van der Waals surface area (Å²) >= 11 is 0. The van der Waals surface area contributed by atoms with Crippen LogP contribution >= 0.6 is 0 Å². The average Bonchev–Trinajstić information content (AvgIpc) is 2.92. The van der Waals surface area contributed by atoms with E-state index in [-0.39, 0.29) is 17.9 Å². The normalized spacial score (nSPS) is 21.2. The molecule has 2 atom stereocenters. The lowest BCUT2D eigenvalue weighted by Crippen LogP contribution is -2.38. The molecule has 0 radical (unpaired) electrons. The molecule has 0 aliphatic carbocycles. The fraction of sp³-hybridized carbons (Fsp3) is 0.600. The van der Waals surface area contributed by atoms with E-state index in [9.17, 15) is 18.0 Å². The number of amides is 1. The summed E-state index contributed by atoms with van der Waals surface area (Å²) in [7, 11) is 0. The Morgan fingerprint density at radius 3 is 2.74 bits per heavy atom. The third-order valence-electron chi connectivity index (χ3n) is 3.70. The number of carbonyl (C=O) groups excluding carboxylic acids is 1. The van der Waals surface area contributed by atoms with Crippen LogP contribution in [0.15, 0.2) is 18.3 Å². The third kappa shape index (κ3) is 5.09. The first-order valence-corrected chi connectivity index (χ1v) is 7.54. The van der Waals surface area contributed by atoms with Crippen LogP contribution in [0.5, 0.6) is 0 Å². The standard InChI is InChI=1S/C15H20F3N3O2/c1-10-5-8-23-13(10)14(22)20-7-2-6-19-12-4-3-11(9-21-12)15(16,17)18/h3-4,9-10,13H,2,5-8H2,1H3,(H,19,21)(H,20,22). The first kappa shape index (κ1) is 17.5. The third-order valence-corrected chi connectivity index (χ3v) is 3.70. The summed E-state index contributed by atoms with van der Waals surface area (Å²) in [6.07, 6.45) is -2.44. The zero-order valence-corrected chi connectivity index (χ0v) is 12.8. The lowest BCUT2D eigenvalue weighted by molar-refractivity contribution is -0.137. The Balaban J connectivity index is 1.65. The summed E-state index contributed by atoms with van der Waals surface area (Å²) in [4.78, 5) is 15.6. The van der Waals surface area contributed by atoms with Crippen LogP contribution < -0.4 is 10.6 Å². The predicted octanol–water partition coefficient (Wildman–Crippen LogP) is 2.44. The predicted molar refractivity (Wildman–Crippen MR) is 78.9 cm³/mol. The second-order valence-electron chi connectivity index (χ2n) is 5.56. The maximum atomic E-state index is 12.4. The number of anilines is 1. The fourth-order valence-electron chi connectivity index (χ4n) is 2.31. The minimum Gasteiger partial charge on any atom is -0.370 e. The molecule has 5 nitrogen and oxygen atoms in total. The van der Waals surface area contributed by atoms with E-state index in [1.807, 2.05) is 6.92 Å². The SMILES string of the molecule is CC1CCOC1C(=O)NCCCNc1ccc(C(F)(F)F)cn1. The van der Waals surface area contributed by atoms with Gasteiger partial charge in [-0.25, -0.2) is 4.98 Å². The van der Waals surface area contributed by atoms with E-state index in [4.69, 9.17) is 4.74 Å². The molecule has 2 N–H and O–H groups in total. The quantitative estimate of drug-likeness (QED) is 0.786. The topological polar surface area (TPSA) is 63.2 Å². The van der Waals surface area contributed by atoms with Crippen LogP contribution in [0.3, 0.4) is 0 Å². The second-order valence-corrected chi connectivity index (χ2v) is 5.56. The molecular formula is C15H20F3N3O2. The van der Waals surface area contributed by atoms with E-state index in [1.54, 1.807) is 0 Å². The fourth-order valence-corrected chi connectivity index (χ4v) is 2.31. The zero-order chi connectivity index (χ0) is 16.9. The van der Waals surface area contributed by atoms with Crippen LogP contribution in [-0.4, -0.2) is 36.7 Å². The van der Waals surface area contributed by atoms with Crippen LogP contribution in [0, 0.1) is 5.92 Å². The van der Waals surface area contributed by atoms with Gasteiger partial charge in [0.2, 0.25) is 5.91 Å². The molecule has 8 heteroatoms. The van der Waals surface area contributed by atoms with Crippen LogP contribution in [0.25, 0.3) is 0 Å². The smallest absolute Gasteiger partial charge is 0.370 e. The van der Waals surface area contributed by atoms with Gasteiger partial charge in [0.15, 0.2) is 0 Å². The summed E-state index contributed by atoms with van der Waals surface area (Å²) in [5.74, 6) is 0.490. The number of ether oxygens (including phenoxy) is 1. The maximum absolute atomic E-state index is 12.4. The maximum Gasteiger partial charge on any atom is 0.417 e. The van der Waals surface area contributed by atoms with Crippen molar-refractivity contribution in [2.45, 2.75) is 32.0 Å². The van der Waals surface area contributed by atoms with Gasteiger partial charge in [-0.1, -0.05) is 6.92 Å². The number of carbonyl (C=O) groups is 1. The Labute approximate surface area is 132 Å². The van der Waals surface area contributed by atoms with Gasteiger partial charge in [-0.05, 0) is 30.9 Å². The molecule has 128 valence electrons. The molecule has 1 aliphatic heterocycles. The Morgan fingerprint density at radius 2 is 2.17 bits per heavy atom. The number of aromatic nitrogens is 1. The van der Waals surface area contributed by atoms with Crippen molar-refractivity contribution in [1.29, 1.82) is 0 Å². The summed E-state index contributed by atoms with van der Waals surface area (Å²) in [5, 5.41) is 5.71. The molecule has 2 unspecified atom stereocenters. The van der Waals surface area contributed by atoms with Crippen molar-refractivity contribution >= 4 is 11.7 Å². The molecule has 1 fully saturated rings. The van der Waals surface area contributed by atoms with E-state index in [0.29, 0.717) is 31.9 Å². The van der Waals surface area contributed by atoms with Crippen LogP contribution in [0.1, 0.15) is 25.3 Å². The number of pyridine rings is 1. The Bertz CT molecular complexity index is 520. The summed E-state index contributed by atoms with van der Waals surface area (Å²) in [5.41, 5.74) is -0.777. The molecule has 1 aliphatic rings. The van der Waals surface area contributed by atoms with E-state index in [1.165, 1.54) is 6.07 Å². The van der Waals surface area contributed by atoms with Crippen molar-refractivity contribution in [2.24, 2.45) is 5.92 Å². The van der Waals surface area contributed by atoms with Crippen molar-refractivity contribution < 1.29 is 22.7 Å². The molecule has 1 amide bonds. The van der Waals surface area contributed by atoms with Crippen molar-refractivity contribution in [3.05, 3.63) is 23.9 Å². The van der Waals surface area contributed by atoms with Gasteiger partial charge in [-0.2, -0.15) is 13.2 Å². The van der Waals surface area contributed by atoms with Gasteiger partial charge in [-0.3, -0.25) is 4.79 Å². The number of hydrogen-bond acceptors (Lipinski definition) is 4. The van der Waals surface area contributed by atoms with Gasteiger partial charge >= 0.3 is 6.18 Å². The molecule has 1 saturated heterocycles. The highest BCUT2D eigenvalue weighted by Gasteiger charge is 2.31.